The van der Waals surface area contributed by atoms with Crippen LogP contribution in [-0.4, -0.2) is 45.1 Å². The summed E-state index contributed by atoms with van der Waals surface area (Å²) in [6, 6.07) is 7.06. The fourth-order valence-electron chi connectivity index (χ4n) is 2.79. The molecule has 0 bridgehead atoms. The molecule has 0 aliphatic carbocycles. The van der Waals surface area contributed by atoms with Crippen LogP contribution in [0.25, 0.3) is 11.4 Å². The summed E-state index contributed by atoms with van der Waals surface area (Å²) in [7, 11) is 0. The first-order valence-electron chi connectivity index (χ1n) is 7.97. The highest BCUT2D eigenvalue weighted by atomic mass is 35.5. The van der Waals surface area contributed by atoms with E-state index < -0.39 is 11.4 Å². The van der Waals surface area contributed by atoms with Gasteiger partial charge in [0.25, 0.3) is 0 Å². The van der Waals surface area contributed by atoms with Gasteiger partial charge in [0.15, 0.2) is 0 Å². The van der Waals surface area contributed by atoms with E-state index in [9.17, 15) is 14.7 Å². The zero-order chi connectivity index (χ0) is 18.0. The number of hydrogen-bond acceptors (Lipinski definition) is 5. The number of aromatic nitrogens is 2. The first kappa shape index (κ1) is 17.4. The minimum Gasteiger partial charge on any atom is -0.481 e. The van der Waals surface area contributed by atoms with Gasteiger partial charge < -0.3 is 14.5 Å². The van der Waals surface area contributed by atoms with Crippen molar-refractivity contribution in [2.75, 3.05) is 13.1 Å². The molecule has 3 rings (SSSR count). The van der Waals surface area contributed by atoms with Crippen LogP contribution in [-0.2, 0) is 16.0 Å². The summed E-state index contributed by atoms with van der Waals surface area (Å²) in [6.07, 6.45) is 0.993. The zero-order valence-corrected chi connectivity index (χ0v) is 14.5. The third-order valence-corrected chi connectivity index (χ3v) is 4.72. The quantitative estimate of drug-likeness (QED) is 0.877. The van der Waals surface area contributed by atoms with Gasteiger partial charge in [0.2, 0.25) is 17.6 Å². The number of benzene rings is 1. The Kier molecular flexibility index (Phi) is 4.76. The summed E-state index contributed by atoms with van der Waals surface area (Å²) in [5.41, 5.74) is -0.0791. The second kappa shape index (κ2) is 6.84. The molecule has 1 aliphatic heterocycles. The second-order valence-corrected chi connectivity index (χ2v) is 6.89. The molecule has 2 heterocycles. The number of rotatable bonds is 5. The Balaban J connectivity index is 1.57. The highest BCUT2D eigenvalue weighted by molar-refractivity contribution is 6.30. The van der Waals surface area contributed by atoms with E-state index >= 15 is 0 Å². The molecule has 2 aromatic rings. The van der Waals surface area contributed by atoms with E-state index in [2.05, 4.69) is 10.1 Å². The van der Waals surface area contributed by atoms with Gasteiger partial charge >= 0.3 is 5.97 Å². The maximum atomic E-state index is 12.3. The number of carbonyl (C=O) groups is 2. The van der Waals surface area contributed by atoms with E-state index in [4.69, 9.17) is 16.1 Å². The molecule has 1 amide bonds. The summed E-state index contributed by atoms with van der Waals surface area (Å²) in [4.78, 5) is 29.4. The first-order valence-corrected chi connectivity index (χ1v) is 8.35. The van der Waals surface area contributed by atoms with Gasteiger partial charge in [0, 0.05) is 36.5 Å². The molecule has 0 spiro atoms. The number of carboxylic acids is 1. The number of carbonyl (C=O) groups excluding carboxylic acids is 1. The van der Waals surface area contributed by atoms with Crippen LogP contribution in [0.5, 0.6) is 0 Å². The fraction of sp³-hybridized carbons (Fsp3) is 0.412. The average molecular weight is 364 g/mol. The zero-order valence-electron chi connectivity index (χ0n) is 13.7. The lowest BCUT2D eigenvalue weighted by atomic mass is 9.90. The van der Waals surface area contributed by atoms with Crippen molar-refractivity contribution in [2.24, 2.45) is 5.41 Å². The molecule has 8 heteroatoms. The molecule has 1 atom stereocenters. The van der Waals surface area contributed by atoms with Crippen LogP contribution in [0.2, 0.25) is 5.02 Å². The Bertz CT molecular complexity index is 789. The molecule has 1 saturated heterocycles. The minimum absolute atomic E-state index is 0.101. The largest absolute Gasteiger partial charge is 0.481 e. The van der Waals surface area contributed by atoms with Crippen molar-refractivity contribution in [1.29, 1.82) is 0 Å². The van der Waals surface area contributed by atoms with Crippen molar-refractivity contribution in [1.82, 2.24) is 15.0 Å². The van der Waals surface area contributed by atoms with Gasteiger partial charge in [-0.1, -0.05) is 16.8 Å². The smallest absolute Gasteiger partial charge is 0.311 e. The lowest BCUT2D eigenvalue weighted by Crippen LogP contribution is -2.34. The predicted molar refractivity (Wildman–Crippen MR) is 90.0 cm³/mol. The molecule has 1 N–H and O–H groups in total. The molecular weight excluding hydrogens is 346 g/mol. The van der Waals surface area contributed by atoms with E-state index in [-0.39, 0.29) is 18.9 Å². The molecule has 1 fully saturated rings. The lowest BCUT2D eigenvalue weighted by molar-refractivity contribution is -0.147. The van der Waals surface area contributed by atoms with Crippen molar-refractivity contribution >= 4 is 23.5 Å². The highest BCUT2D eigenvalue weighted by Gasteiger charge is 2.41. The molecule has 1 unspecified atom stereocenters. The summed E-state index contributed by atoms with van der Waals surface area (Å²) in [6.45, 7) is 2.36. The van der Waals surface area contributed by atoms with Gasteiger partial charge in [-0.05, 0) is 37.6 Å². The topological polar surface area (TPSA) is 96.5 Å². The van der Waals surface area contributed by atoms with Crippen LogP contribution in [0.15, 0.2) is 28.8 Å². The summed E-state index contributed by atoms with van der Waals surface area (Å²) >= 11 is 5.85. The van der Waals surface area contributed by atoms with Crippen molar-refractivity contribution < 1.29 is 19.2 Å². The maximum absolute atomic E-state index is 12.3. The molecule has 1 aromatic heterocycles. The number of likely N-dealkylation sites (tertiary alicyclic amines) is 1. The molecule has 0 saturated carbocycles. The molecule has 1 aromatic carbocycles. The van der Waals surface area contributed by atoms with Gasteiger partial charge in [0.05, 0.1) is 5.41 Å². The predicted octanol–water partition coefficient (Wildman–Crippen LogP) is 2.65. The number of amides is 1. The molecule has 25 heavy (non-hydrogen) atoms. The number of halogens is 1. The highest BCUT2D eigenvalue weighted by Crippen LogP contribution is 2.30. The van der Waals surface area contributed by atoms with E-state index in [1.54, 1.807) is 36.1 Å². The maximum Gasteiger partial charge on any atom is 0.311 e. The lowest BCUT2D eigenvalue weighted by Gasteiger charge is -2.19. The van der Waals surface area contributed by atoms with Crippen molar-refractivity contribution in [3.05, 3.63) is 35.2 Å². The average Bonchev–Trinajstić information content (AvgIpc) is 3.21. The van der Waals surface area contributed by atoms with Crippen molar-refractivity contribution in [3.63, 3.8) is 0 Å². The van der Waals surface area contributed by atoms with Crippen molar-refractivity contribution in [3.8, 4) is 11.4 Å². The van der Waals surface area contributed by atoms with Crippen LogP contribution >= 0.6 is 11.6 Å². The monoisotopic (exact) mass is 363 g/mol. The number of carboxylic acid groups (broad SMARTS) is 1. The van der Waals surface area contributed by atoms with Crippen LogP contribution in [0.1, 0.15) is 25.7 Å². The van der Waals surface area contributed by atoms with Gasteiger partial charge in [-0.3, -0.25) is 9.59 Å². The fourth-order valence-corrected chi connectivity index (χ4v) is 2.92. The van der Waals surface area contributed by atoms with Gasteiger partial charge in [0.1, 0.15) is 0 Å². The van der Waals surface area contributed by atoms with Crippen LogP contribution < -0.4 is 0 Å². The summed E-state index contributed by atoms with van der Waals surface area (Å²) < 4.78 is 5.18. The second-order valence-electron chi connectivity index (χ2n) is 6.45. The van der Waals surface area contributed by atoms with Crippen LogP contribution in [0.3, 0.4) is 0 Å². The third-order valence-electron chi connectivity index (χ3n) is 4.47. The first-order chi connectivity index (χ1) is 11.9. The third kappa shape index (κ3) is 3.82. The number of aryl methyl sites for hydroxylation is 1. The van der Waals surface area contributed by atoms with Crippen molar-refractivity contribution in [2.45, 2.75) is 26.2 Å². The normalized spacial score (nSPS) is 20.0. The SMILES string of the molecule is CC1(C(=O)O)CCN(C(=O)CCc2nc(-c3ccc(Cl)cc3)no2)C1. The van der Waals surface area contributed by atoms with Crippen LogP contribution in [0.4, 0.5) is 0 Å². The van der Waals surface area contributed by atoms with E-state index in [1.807, 2.05) is 0 Å². The molecule has 132 valence electrons. The van der Waals surface area contributed by atoms with Crippen LogP contribution in [0, 0.1) is 5.41 Å². The summed E-state index contributed by atoms with van der Waals surface area (Å²) in [5, 5.41) is 13.8. The van der Waals surface area contributed by atoms with E-state index in [0.29, 0.717) is 36.1 Å². The standard InChI is InChI=1S/C17H18ClN3O4/c1-17(16(23)24)8-9-21(10-17)14(22)7-6-13-19-15(20-25-13)11-2-4-12(18)5-3-11/h2-5H,6-10H2,1H3,(H,23,24). The number of aliphatic carboxylic acids is 1. The Labute approximate surface area is 149 Å². The van der Waals surface area contributed by atoms with Gasteiger partial charge in [-0.15, -0.1) is 0 Å². The molecule has 0 radical (unpaired) electrons. The number of nitrogens with zero attached hydrogens (tertiary/aromatic N) is 3. The van der Waals surface area contributed by atoms with Gasteiger partial charge in [-0.25, -0.2) is 0 Å². The minimum atomic E-state index is -0.868. The molecule has 7 nitrogen and oxygen atoms in total. The summed E-state index contributed by atoms with van der Waals surface area (Å²) in [5.74, 6) is -0.152. The molecular formula is C17H18ClN3O4. The van der Waals surface area contributed by atoms with E-state index in [1.165, 1.54) is 0 Å². The van der Waals surface area contributed by atoms with E-state index in [0.717, 1.165) is 5.56 Å². The molecule has 1 aliphatic rings. The Morgan fingerprint density at radius 2 is 2.08 bits per heavy atom. The Morgan fingerprint density at radius 1 is 1.36 bits per heavy atom. The Hall–Kier alpha value is -2.41. The Morgan fingerprint density at radius 3 is 2.72 bits per heavy atom. The van der Waals surface area contributed by atoms with Gasteiger partial charge in [-0.2, -0.15) is 4.98 Å². The number of hydrogen-bond donors (Lipinski definition) is 1.